The fraction of sp³-hybridized carbons (Fsp3) is 0.533. The van der Waals surface area contributed by atoms with Crippen molar-refractivity contribution in [2.75, 3.05) is 11.6 Å². The summed E-state index contributed by atoms with van der Waals surface area (Å²) in [6, 6.07) is 4.42. The van der Waals surface area contributed by atoms with Gasteiger partial charge in [-0.1, -0.05) is 6.07 Å². The molecule has 1 atom stereocenters. The van der Waals surface area contributed by atoms with E-state index in [4.69, 9.17) is 0 Å². The molecule has 1 heterocycles. The van der Waals surface area contributed by atoms with E-state index in [1.165, 1.54) is 16.1 Å². The summed E-state index contributed by atoms with van der Waals surface area (Å²) in [5, 5.41) is 2.87. The number of amides is 1. The first-order chi connectivity index (χ1) is 10.5. The lowest BCUT2D eigenvalue weighted by Gasteiger charge is -2.27. The fourth-order valence-electron chi connectivity index (χ4n) is 2.27. The second-order valence-electron chi connectivity index (χ2n) is 6.58. The number of nitrogens with one attached hydrogen (secondary N) is 1. The van der Waals surface area contributed by atoms with E-state index >= 15 is 0 Å². The summed E-state index contributed by atoms with van der Waals surface area (Å²) in [5.74, 6) is 0.490. The molecule has 2 rings (SSSR count). The van der Waals surface area contributed by atoms with Crippen molar-refractivity contribution in [2.45, 2.75) is 44.2 Å². The van der Waals surface area contributed by atoms with Crippen molar-refractivity contribution in [1.29, 1.82) is 0 Å². The first-order valence-corrected chi connectivity index (χ1v) is 10.6. The molecule has 1 aromatic carbocycles. The zero-order chi connectivity index (χ0) is 17.4. The molecular weight excluding hydrogens is 400 g/mol. The molecule has 0 bridgehead atoms. The summed E-state index contributed by atoms with van der Waals surface area (Å²) < 4.78 is 27.7. The van der Waals surface area contributed by atoms with Gasteiger partial charge in [0, 0.05) is 15.8 Å². The molecule has 1 N–H and O–H groups in total. The van der Waals surface area contributed by atoms with Crippen LogP contribution in [-0.2, 0) is 14.8 Å². The second kappa shape index (κ2) is 6.74. The number of carbonyl (C=O) groups is 1. The molecule has 8 heteroatoms. The van der Waals surface area contributed by atoms with Crippen LogP contribution >= 0.6 is 27.7 Å². The predicted molar refractivity (Wildman–Crippen MR) is 96.9 cm³/mol. The molecule has 23 heavy (non-hydrogen) atoms. The Morgan fingerprint density at radius 3 is 2.61 bits per heavy atom. The molecule has 5 nitrogen and oxygen atoms in total. The Hall–Kier alpha value is -0.570. The third-order valence-corrected chi connectivity index (χ3v) is 7.32. The number of rotatable bonds is 3. The average molecular weight is 421 g/mol. The van der Waals surface area contributed by atoms with Gasteiger partial charge in [0.2, 0.25) is 15.9 Å². The number of hydrogen-bond acceptors (Lipinski definition) is 4. The van der Waals surface area contributed by atoms with Gasteiger partial charge in [-0.15, -0.1) is 11.8 Å². The van der Waals surface area contributed by atoms with Gasteiger partial charge in [-0.2, -0.15) is 4.31 Å². The standard InChI is InChI=1S/C15H21BrN2O3S2/c1-10-5-6-13(11(16)7-10)23(20,21)18-9-22-8-12(18)14(19)17-15(2,3)4/h5-7,12H,8-9H2,1-4H3,(H,17,19). The lowest BCUT2D eigenvalue weighted by atomic mass is 10.1. The fourth-order valence-corrected chi connectivity index (χ4v) is 6.57. The van der Waals surface area contributed by atoms with E-state index in [2.05, 4.69) is 21.2 Å². The minimum absolute atomic E-state index is 0.194. The van der Waals surface area contributed by atoms with Gasteiger partial charge < -0.3 is 5.32 Å². The van der Waals surface area contributed by atoms with Crippen LogP contribution in [0.5, 0.6) is 0 Å². The quantitative estimate of drug-likeness (QED) is 0.815. The third kappa shape index (κ3) is 4.29. The van der Waals surface area contributed by atoms with Crippen LogP contribution in [0.4, 0.5) is 0 Å². The molecule has 0 aliphatic carbocycles. The average Bonchev–Trinajstić information content (AvgIpc) is 2.85. The monoisotopic (exact) mass is 420 g/mol. The zero-order valence-corrected chi connectivity index (χ0v) is 16.8. The number of benzene rings is 1. The highest BCUT2D eigenvalue weighted by molar-refractivity contribution is 9.10. The number of aryl methyl sites for hydroxylation is 1. The van der Waals surface area contributed by atoms with Crippen molar-refractivity contribution < 1.29 is 13.2 Å². The third-order valence-electron chi connectivity index (χ3n) is 3.32. The summed E-state index contributed by atoms with van der Waals surface area (Å²) in [7, 11) is -3.73. The summed E-state index contributed by atoms with van der Waals surface area (Å²) in [4.78, 5) is 12.6. The van der Waals surface area contributed by atoms with Gasteiger partial charge in [0.1, 0.15) is 6.04 Å². The minimum Gasteiger partial charge on any atom is -0.350 e. The van der Waals surface area contributed by atoms with Crippen molar-refractivity contribution in [3.05, 3.63) is 28.2 Å². The number of hydrogen-bond donors (Lipinski definition) is 1. The van der Waals surface area contributed by atoms with Crippen molar-refractivity contribution in [2.24, 2.45) is 0 Å². The van der Waals surface area contributed by atoms with E-state index in [0.29, 0.717) is 10.2 Å². The summed E-state index contributed by atoms with van der Waals surface area (Å²) in [5.41, 5.74) is 0.568. The molecule has 0 spiro atoms. The normalized spacial score (nSPS) is 19.8. The number of thioether (sulfide) groups is 1. The number of carbonyl (C=O) groups excluding carboxylic acids is 1. The van der Waals surface area contributed by atoms with Crippen LogP contribution in [-0.4, -0.2) is 41.8 Å². The maximum atomic E-state index is 12.9. The van der Waals surface area contributed by atoms with Gasteiger partial charge >= 0.3 is 0 Å². The molecule has 1 aromatic rings. The summed E-state index contributed by atoms with van der Waals surface area (Å²) in [6.07, 6.45) is 0. The molecule has 1 aliphatic heterocycles. The SMILES string of the molecule is Cc1ccc(S(=O)(=O)N2CSCC2C(=O)NC(C)(C)C)c(Br)c1. The number of sulfonamides is 1. The van der Waals surface area contributed by atoms with Crippen LogP contribution in [0.15, 0.2) is 27.6 Å². The van der Waals surface area contributed by atoms with Crippen LogP contribution in [0.3, 0.4) is 0 Å². The Kier molecular flexibility index (Phi) is 5.50. The smallest absolute Gasteiger partial charge is 0.245 e. The van der Waals surface area contributed by atoms with Gasteiger partial charge in [0.15, 0.2) is 0 Å². The molecule has 0 aromatic heterocycles. The highest BCUT2D eigenvalue weighted by Crippen LogP contribution is 2.32. The van der Waals surface area contributed by atoms with E-state index in [1.807, 2.05) is 27.7 Å². The zero-order valence-electron chi connectivity index (χ0n) is 13.6. The Morgan fingerprint density at radius 1 is 1.39 bits per heavy atom. The van der Waals surface area contributed by atoms with Crippen molar-refractivity contribution in [3.63, 3.8) is 0 Å². The topological polar surface area (TPSA) is 66.5 Å². The van der Waals surface area contributed by atoms with Gasteiger partial charge in [-0.3, -0.25) is 4.79 Å². The molecule has 128 valence electrons. The van der Waals surface area contributed by atoms with Gasteiger partial charge in [-0.05, 0) is 61.3 Å². The lowest BCUT2D eigenvalue weighted by molar-refractivity contribution is -0.125. The van der Waals surface area contributed by atoms with Crippen molar-refractivity contribution in [3.8, 4) is 0 Å². The highest BCUT2D eigenvalue weighted by atomic mass is 79.9. The predicted octanol–water partition coefficient (Wildman–Crippen LogP) is 2.74. The van der Waals surface area contributed by atoms with E-state index in [0.717, 1.165) is 5.56 Å². The molecule has 1 amide bonds. The molecule has 0 saturated carbocycles. The first kappa shape index (κ1) is 18.8. The molecule has 1 unspecified atom stereocenters. The molecule has 1 fully saturated rings. The second-order valence-corrected chi connectivity index (χ2v) is 10.3. The Morgan fingerprint density at radius 2 is 2.04 bits per heavy atom. The first-order valence-electron chi connectivity index (χ1n) is 7.20. The molecule has 1 saturated heterocycles. The van der Waals surface area contributed by atoms with Crippen LogP contribution in [0.2, 0.25) is 0 Å². The van der Waals surface area contributed by atoms with Gasteiger partial charge in [-0.25, -0.2) is 8.42 Å². The van der Waals surface area contributed by atoms with Crippen molar-refractivity contribution >= 4 is 43.6 Å². The van der Waals surface area contributed by atoms with Crippen LogP contribution in [0, 0.1) is 6.92 Å². The van der Waals surface area contributed by atoms with Crippen LogP contribution in [0.25, 0.3) is 0 Å². The Balaban J connectivity index is 2.33. The van der Waals surface area contributed by atoms with Crippen LogP contribution in [0.1, 0.15) is 26.3 Å². The maximum Gasteiger partial charge on any atom is 0.245 e. The van der Waals surface area contributed by atoms with E-state index in [9.17, 15) is 13.2 Å². The van der Waals surface area contributed by atoms with Crippen molar-refractivity contribution in [1.82, 2.24) is 9.62 Å². The number of halogens is 1. The number of nitrogens with zero attached hydrogens (tertiary/aromatic N) is 1. The molecule has 1 aliphatic rings. The van der Waals surface area contributed by atoms with E-state index in [1.54, 1.807) is 18.2 Å². The molecule has 0 radical (unpaired) electrons. The van der Waals surface area contributed by atoms with Gasteiger partial charge in [0.05, 0.1) is 10.8 Å². The Labute approximate surface area is 150 Å². The minimum atomic E-state index is -3.73. The largest absolute Gasteiger partial charge is 0.350 e. The summed E-state index contributed by atoms with van der Waals surface area (Å²) >= 11 is 4.77. The summed E-state index contributed by atoms with van der Waals surface area (Å²) in [6.45, 7) is 7.53. The Bertz CT molecular complexity index is 714. The molecular formula is C15H21BrN2O3S2. The maximum absolute atomic E-state index is 12.9. The highest BCUT2D eigenvalue weighted by Gasteiger charge is 2.41. The van der Waals surface area contributed by atoms with E-state index in [-0.39, 0.29) is 16.7 Å². The van der Waals surface area contributed by atoms with Gasteiger partial charge in [0.25, 0.3) is 0 Å². The lowest BCUT2D eigenvalue weighted by Crippen LogP contribution is -2.52. The van der Waals surface area contributed by atoms with Crippen LogP contribution < -0.4 is 5.32 Å². The van der Waals surface area contributed by atoms with E-state index < -0.39 is 21.6 Å².